The van der Waals surface area contributed by atoms with Gasteiger partial charge in [0.2, 0.25) is 0 Å². The molecule has 5 aromatic heterocycles. The van der Waals surface area contributed by atoms with Crippen LogP contribution in [0.3, 0.4) is 0 Å². The minimum absolute atomic E-state index is 0.809. The van der Waals surface area contributed by atoms with Crippen molar-refractivity contribution < 1.29 is 0 Å². The maximum atomic E-state index is 5.31. The monoisotopic (exact) mass is 668 g/mol. The van der Waals surface area contributed by atoms with Crippen molar-refractivity contribution in [3.63, 3.8) is 0 Å². The number of aromatic nitrogens is 4. The number of rotatable bonds is 5. The minimum Gasteiger partial charge on any atom is -0.255 e. The summed E-state index contributed by atoms with van der Waals surface area (Å²) in [6.07, 6.45) is 3.61. The van der Waals surface area contributed by atoms with Crippen LogP contribution in [0, 0.1) is 0 Å². The van der Waals surface area contributed by atoms with E-state index >= 15 is 0 Å². The lowest BCUT2D eigenvalue weighted by atomic mass is 9.93. The first-order chi connectivity index (χ1) is 25.3. The lowest BCUT2D eigenvalue weighted by Gasteiger charge is -2.14. The van der Waals surface area contributed by atoms with E-state index in [4.69, 9.17) is 9.97 Å². The topological polar surface area (TPSA) is 51.6 Å². The molecule has 0 bridgehead atoms. The number of pyridine rings is 4. The van der Waals surface area contributed by atoms with Gasteiger partial charge in [-0.15, -0.1) is 11.3 Å². The van der Waals surface area contributed by atoms with Crippen molar-refractivity contribution in [3.8, 4) is 56.3 Å². The molecule has 4 nitrogen and oxygen atoms in total. The molecule has 0 aliphatic heterocycles. The molecule has 0 saturated heterocycles. The average Bonchev–Trinajstić information content (AvgIpc) is 3.60. The Hall–Kier alpha value is -6.56. The molecule has 51 heavy (non-hydrogen) atoms. The molecule has 0 N–H and O–H groups in total. The molecule has 0 atom stereocenters. The van der Waals surface area contributed by atoms with Crippen LogP contribution in [0.1, 0.15) is 0 Å². The normalized spacial score (nSPS) is 11.5. The Morgan fingerprint density at radius 3 is 1.76 bits per heavy atom. The summed E-state index contributed by atoms with van der Waals surface area (Å²) < 4.78 is 2.58. The molecular weight excluding hydrogens is 641 g/mol. The molecule has 0 unspecified atom stereocenters. The van der Waals surface area contributed by atoms with Gasteiger partial charge in [0, 0.05) is 54.3 Å². The second-order valence-corrected chi connectivity index (χ2v) is 13.7. The van der Waals surface area contributed by atoms with Crippen LogP contribution in [0.2, 0.25) is 0 Å². The standard InChI is InChI=1S/C46H28N4S/c1-2-11-29(12-3-1)46-35-20-22-43-45(34-15-4-5-18-42(34)51-43)44(35)36-26-32(19-21-37(36)50-46)30-13-10-14-31(25-30)33-27-40(38-16-6-8-23-47-38)49-41(28-33)39-17-7-9-24-48-39/h1-28H. The van der Waals surface area contributed by atoms with E-state index in [2.05, 4.69) is 131 Å². The van der Waals surface area contributed by atoms with E-state index in [1.165, 1.54) is 25.6 Å². The van der Waals surface area contributed by atoms with Gasteiger partial charge in [-0.05, 0) is 89.0 Å². The molecule has 10 rings (SSSR count). The van der Waals surface area contributed by atoms with Gasteiger partial charge in [0.15, 0.2) is 0 Å². The van der Waals surface area contributed by atoms with Crippen LogP contribution in [-0.4, -0.2) is 19.9 Å². The first-order valence-corrected chi connectivity index (χ1v) is 17.8. The van der Waals surface area contributed by atoms with E-state index in [0.29, 0.717) is 0 Å². The van der Waals surface area contributed by atoms with Gasteiger partial charge in [-0.3, -0.25) is 9.97 Å². The summed E-state index contributed by atoms with van der Waals surface area (Å²) in [5.41, 5.74) is 10.8. The number of hydrogen-bond donors (Lipinski definition) is 0. The van der Waals surface area contributed by atoms with Gasteiger partial charge in [0.05, 0.1) is 34.0 Å². The summed E-state index contributed by atoms with van der Waals surface area (Å²) in [5, 5.41) is 6.15. The molecule has 5 heteroatoms. The SMILES string of the molecule is c1ccc(-c2nc3ccc(-c4cccc(-c5cc(-c6ccccn6)nc(-c6ccccn6)c5)c4)cc3c3c2ccc2sc4ccccc4c23)cc1. The third-order valence-corrected chi connectivity index (χ3v) is 10.7. The van der Waals surface area contributed by atoms with E-state index in [-0.39, 0.29) is 0 Å². The Balaban J connectivity index is 1.18. The Morgan fingerprint density at radius 1 is 0.353 bits per heavy atom. The molecule has 0 aliphatic carbocycles. The molecule has 0 aliphatic rings. The van der Waals surface area contributed by atoms with Crippen LogP contribution in [0.15, 0.2) is 170 Å². The van der Waals surface area contributed by atoms with Crippen LogP contribution in [0.5, 0.6) is 0 Å². The molecule has 10 aromatic rings. The summed E-state index contributed by atoms with van der Waals surface area (Å²) in [4.78, 5) is 19.5. The van der Waals surface area contributed by atoms with E-state index in [9.17, 15) is 0 Å². The maximum Gasteiger partial charge on any atom is 0.0900 e. The summed E-state index contributed by atoms with van der Waals surface area (Å²) in [6.45, 7) is 0. The second-order valence-electron chi connectivity index (χ2n) is 12.7. The molecule has 0 amide bonds. The van der Waals surface area contributed by atoms with Crippen LogP contribution >= 0.6 is 11.3 Å². The van der Waals surface area contributed by atoms with E-state index < -0.39 is 0 Å². The third-order valence-electron chi connectivity index (χ3n) is 9.55. The third kappa shape index (κ3) is 5.14. The van der Waals surface area contributed by atoms with Gasteiger partial charge < -0.3 is 0 Å². The quantitative estimate of drug-likeness (QED) is 0.171. The lowest BCUT2D eigenvalue weighted by Crippen LogP contribution is -1.94. The van der Waals surface area contributed by atoms with Gasteiger partial charge >= 0.3 is 0 Å². The fourth-order valence-corrected chi connectivity index (χ4v) is 8.28. The zero-order valence-corrected chi connectivity index (χ0v) is 28.2. The zero-order chi connectivity index (χ0) is 33.7. The second kappa shape index (κ2) is 12.1. The van der Waals surface area contributed by atoms with Crippen molar-refractivity contribution in [3.05, 3.63) is 170 Å². The van der Waals surface area contributed by atoms with E-state index in [1.807, 2.05) is 47.7 Å². The van der Waals surface area contributed by atoms with Crippen LogP contribution in [0.4, 0.5) is 0 Å². The van der Waals surface area contributed by atoms with Gasteiger partial charge in [-0.25, -0.2) is 9.97 Å². The van der Waals surface area contributed by atoms with Crippen molar-refractivity contribution in [2.24, 2.45) is 0 Å². The van der Waals surface area contributed by atoms with Crippen molar-refractivity contribution in [2.75, 3.05) is 0 Å². The molecule has 0 spiro atoms. The fourth-order valence-electron chi connectivity index (χ4n) is 7.17. The summed E-state index contributed by atoms with van der Waals surface area (Å²) >= 11 is 1.85. The van der Waals surface area contributed by atoms with Crippen LogP contribution in [0.25, 0.3) is 98.1 Å². The highest BCUT2D eigenvalue weighted by Gasteiger charge is 2.17. The highest BCUT2D eigenvalue weighted by molar-refractivity contribution is 7.26. The highest BCUT2D eigenvalue weighted by Crippen LogP contribution is 2.44. The Morgan fingerprint density at radius 2 is 1.02 bits per heavy atom. The summed E-state index contributed by atoms with van der Waals surface area (Å²) in [5.74, 6) is 0. The summed E-state index contributed by atoms with van der Waals surface area (Å²) in [7, 11) is 0. The fraction of sp³-hybridized carbons (Fsp3) is 0. The van der Waals surface area contributed by atoms with Gasteiger partial charge in [-0.2, -0.15) is 0 Å². The molecule has 238 valence electrons. The smallest absolute Gasteiger partial charge is 0.0900 e. The predicted octanol–water partition coefficient (Wildman–Crippen LogP) is 12.3. The predicted molar refractivity (Wildman–Crippen MR) is 213 cm³/mol. The Kier molecular flexibility index (Phi) is 6.96. The summed E-state index contributed by atoms with van der Waals surface area (Å²) in [6, 6.07) is 55.3. The minimum atomic E-state index is 0.809. The molecule has 0 radical (unpaired) electrons. The maximum absolute atomic E-state index is 5.31. The molecule has 0 fully saturated rings. The van der Waals surface area contributed by atoms with Crippen LogP contribution < -0.4 is 0 Å². The first kappa shape index (κ1) is 29.4. The van der Waals surface area contributed by atoms with Crippen LogP contribution in [-0.2, 0) is 0 Å². The van der Waals surface area contributed by atoms with Gasteiger partial charge in [-0.1, -0.05) is 91.0 Å². The first-order valence-electron chi connectivity index (χ1n) is 17.0. The van der Waals surface area contributed by atoms with Crippen molar-refractivity contribution in [1.29, 1.82) is 0 Å². The Labute approximate surface area is 298 Å². The number of nitrogens with zero attached hydrogens (tertiary/aromatic N) is 4. The lowest BCUT2D eigenvalue weighted by molar-refractivity contribution is 1.22. The number of hydrogen-bond acceptors (Lipinski definition) is 5. The van der Waals surface area contributed by atoms with Crippen molar-refractivity contribution >= 4 is 53.2 Å². The highest BCUT2D eigenvalue weighted by atomic mass is 32.1. The number of thiophene rings is 1. The number of benzene rings is 5. The Bertz CT molecular complexity index is 2840. The molecule has 5 heterocycles. The molecule has 5 aromatic carbocycles. The van der Waals surface area contributed by atoms with E-state index in [1.54, 1.807) is 12.4 Å². The van der Waals surface area contributed by atoms with E-state index in [0.717, 1.165) is 72.6 Å². The van der Waals surface area contributed by atoms with Crippen molar-refractivity contribution in [2.45, 2.75) is 0 Å². The van der Waals surface area contributed by atoms with Gasteiger partial charge in [0.1, 0.15) is 0 Å². The number of fused-ring (bicyclic) bond motifs is 7. The van der Waals surface area contributed by atoms with Crippen molar-refractivity contribution in [1.82, 2.24) is 19.9 Å². The van der Waals surface area contributed by atoms with Gasteiger partial charge in [0.25, 0.3) is 0 Å². The average molecular weight is 669 g/mol. The largest absolute Gasteiger partial charge is 0.255 e. The molecular formula is C46H28N4S. The molecule has 0 saturated carbocycles. The zero-order valence-electron chi connectivity index (χ0n) is 27.4.